The number of aromatic amines is 1. The number of nitrogens with zero attached hydrogens (tertiary/aromatic N) is 5. The van der Waals surface area contributed by atoms with E-state index in [1.54, 1.807) is 0 Å². The van der Waals surface area contributed by atoms with Crippen molar-refractivity contribution in [2.24, 2.45) is 5.92 Å². The molecule has 2 saturated heterocycles. The second kappa shape index (κ2) is 11.1. The van der Waals surface area contributed by atoms with Gasteiger partial charge in [0.25, 0.3) is 5.91 Å². The van der Waals surface area contributed by atoms with Crippen LogP contribution in [0.25, 0.3) is 11.0 Å². The van der Waals surface area contributed by atoms with Crippen LogP contribution in [0.5, 0.6) is 0 Å². The van der Waals surface area contributed by atoms with Crippen LogP contribution < -0.4 is 5.32 Å². The largest absolute Gasteiger partial charge is 0.465 e. The number of halogens is 7. The monoisotopic (exact) mass is 675 g/mol. The second-order valence-electron chi connectivity index (χ2n) is 12.4. The first-order valence-corrected chi connectivity index (χ1v) is 14.6. The smallest absolute Gasteiger partial charge is 0.407 e. The van der Waals surface area contributed by atoms with Crippen LogP contribution in [0, 0.1) is 18.7 Å². The number of alkyl halides is 6. The molecule has 1 aromatic carbocycles. The van der Waals surface area contributed by atoms with Crippen LogP contribution in [-0.2, 0) is 10.2 Å². The van der Waals surface area contributed by atoms with E-state index in [9.17, 15) is 45.8 Å². The van der Waals surface area contributed by atoms with E-state index < -0.39 is 109 Å². The van der Waals surface area contributed by atoms with Gasteiger partial charge in [0, 0.05) is 31.5 Å². The van der Waals surface area contributed by atoms with E-state index in [-0.39, 0.29) is 47.0 Å². The predicted octanol–water partition coefficient (Wildman–Crippen LogP) is 4.42. The van der Waals surface area contributed by atoms with Gasteiger partial charge in [-0.25, -0.2) is 27.6 Å². The number of hydrogen-bond acceptors (Lipinski definition) is 7. The molecule has 1 aliphatic carbocycles. The number of imidazole rings is 1. The summed E-state index contributed by atoms with van der Waals surface area (Å²) >= 11 is 0. The molecule has 0 unspecified atom stereocenters. The van der Waals surface area contributed by atoms with Crippen LogP contribution >= 0.6 is 0 Å². The molecule has 12 nitrogen and oxygen atoms in total. The molecule has 3 aromatic rings. The number of carboxylic acid groups (broad SMARTS) is 1. The van der Waals surface area contributed by atoms with E-state index in [0.29, 0.717) is 0 Å². The molecule has 3 N–H and O–H groups in total. The van der Waals surface area contributed by atoms with Crippen molar-refractivity contribution in [1.82, 2.24) is 35.4 Å². The first-order valence-electron chi connectivity index (χ1n) is 14.6. The predicted molar refractivity (Wildman–Crippen MR) is 145 cm³/mol. The van der Waals surface area contributed by atoms with E-state index in [0.717, 1.165) is 11.0 Å². The summed E-state index contributed by atoms with van der Waals surface area (Å²) in [5.74, 6) is -15.9. The Morgan fingerprint density at radius 2 is 1.66 bits per heavy atom. The summed E-state index contributed by atoms with van der Waals surface area (Å²) in [6, 6.07) is 1.34. The van der Waals surface area contributed by atoms with Crippen molar-refractivity contribution in [2.75, 3.05) is 26.2 Å². The van der Waals surface area contributed by atoms with Gasteiger partial charge in [0.2, 0.25) is 11.8 Å². The van der Waals surface area contributed by atoms with Crippen LogP contribution in [0.15, 0.2) is 16.8 Å². The number of H-pyrrole nitrogens is 1. The van der Waals surface area contributed by atoms with Crippen LogP contribution in [0.4, 0.5) is 35.5 Å². The summed E-state index contributed by atoms with van der Waals surface area (Å²) in [6.07, 6.45) is -2.92. The number of carbonyl (C=O) groups is 3. The lowest BCUT2D eigenvalue weighted by molar-refractivity contribution is -0.172. The van der Waals surface area contributed by atoms with Gasteiger partial charge in [-0.2, -0.15) is 17.6 Å². The molecule has 254 valence electrons. The third-order valence-electron chi connectivity index (χ3n) is 9.36. The molecular weight excluding hydrogens is 647 g/mol. The number of aromatic nitrogens is 4. The lowest BCUT2D eigenvalue weighted by atomic mass is 9.77. The van der Waals surface area contributed by atoms with Crippen molar-refractivity contribution in [2.45, 2.75) is 68.3 Å². The number of carbonyl (C=O) groups excluding carboxylic acids is 2. The van der Waals surface area contributed by atoms with Gasteiger partial charge in [0.05, 0.1) is 30.1 Å². The third kappa shape index (κ3) is 5.52. The quantitative estimate of drug-likeness (QED) is 0.324. The Kier molecular flexibility index (Phi) is 7.65. The lowest BCUT2D eigenvalue weighted by Crippen LogP contribution is -2.49. The van der Waals surface area contributed by atoms with Gasteiger partial charge in [-0.3, -0.25) is 9.59 Å². The maximum Gasteiger partial charge on any atom is 0.407 e. The SMILES string of the molecule is Cc1nonc1C(=O)N[C@H](c1nc2c(F)c([C@@]3(C(=O)N4CC(F)(F)C(F)(F)C4)CCN(C(=O)O)C3)ccc2[nH]1)C1CCC(F)(F)CC1. The molecule has 6 rings (SSSR count). The molecule has 2 atom stereocenters. The number of fused-ring (bicyclic) bond motifs is 1. The van der Waals surface area contributed by atoms with Gasteiger partial charge in [-0.05, 0) is 43.3 Å². The Balaban J connectivity index is 1.40. The molecule has 2 aliphatic heterocycles. The Bertz CT molecular complexity index is 1720. The normalized spacial score (nSPS) is 24.5. The number of amides is 3. The van der Waals surface area contributed by atoms with Crippen molar-refractivity contribution < 1.29 is 54.9 Å². The van der Waals surface area contributed by atoms with Gasteiger partial charge in [-0.15, -0.1) is 0 Å². The van der Waals surface area contributed by atoms with E-state index >= 15 is 4.39 Å². The van der Waals surface area contributed by atoms with Crippen LogP contribution in [-0.4, -0.2) is 97.0 Å². The molecule has 4 heterocycles. The average molecular weight is 676 g/mol. The summed E-state index contributed by atoms with van der Waals surface area (Å²) in [5.41, 5.74) is -2.98. The highest BCUT2D eigenvalue weighted by atomic mass is 19.3. The Morgan fingerprint density at radius 1 is 1.00 bits per heavy atom. The van der Waals surface area contributed by atoms with Gasteiger partial charge in [-0.1, -0.05) is 11.2 Å². The van der Waals surface area contributed by atoms with Crippen LogP contribution in [0.1, 0.15) is 65.7 Å². The first kappa shape index (κ1) is 32.5. The minimum absolute atomic E-state index is 0.0352. The maximum atomic E-state index is 16.5. The highest BCUT2D eigenvalue weighted by molar-refractivity contribution is 5.94. The topological polar surface area (TPSA) is 158 Å². The molecule has 0 radical (unpaired) electrons. The van der Waals surface area contributed by atoms with Crippen molar-refractivity contribution in [1.29, 1.82) is 0 Å². The standard InChI is InChI=1S/C28H28F7N7O5/c1-13-18(40-47-39-13)22(43)38-19(14-4-6-26(30,31)7-5-14)21-36-16-3-2-15(17(29)20(16)37-21)25(8-9-41(10-25)24(45)46)23(44)42-11-27(32,33)28(34,35)12-42/h2-3,14,19H,4-12H2,1H3,(H,36,37)(H,38,43)(H,45,46)/t19-,25+/m0/s1. The van der Waals surface area contributed by atoms with Gasteiger partial charge >= 0.3 is 17.9 Å². The molecule has 19 heteroatoms. The summed E-state index contributed by atoms with van der Waals surface area (Å²) < 4.78 is 105. The van der Waals surface area contributed by atoms with Gasteiger partial charge in [0.1, 0.15) is 17.0 Å². The number of hydrogen-bond donors (Lipinski definition) is 3. The average Bonchev–Trinajstić information content (AvgIpc) is 3.77. The molecule has 2 aromatic heterocycles. The van der Waals surface area contributed by atoms with Crippen LogP contribution in [0.3, 0.4) is 0 Å². The summed E-state index contributed by atoms with van der Waals surface area (Å²) in [5, 5.41) is 19.4. The van der Waals surface area contributed by atoms with E-state index in [4.69, 9.17) is 0 Å². The molecule has 3 amide bonds. The Morgan fingerprint density at radius 3 is 2.23 bits per heavy atom. The molecule has 3 fully saturated rings. The zero-order valence-electron chi connectivity index (χ0n) is 24.6. The number of nitrogens with one attached hydrogen (secondary N) is 2. The molecule has 47 heavy (non-hydrogen) atoms. The number of aryl methyl sites for hydroxylation is 1. The zero-order chi connectivity index (χ0) is 34.1. The summed E-state index contributed by atoms with van der Waals surface area (Å²) in [6.45, 7) is -2.86. The van der Waals surface area contributed by atoms with Crippen molar-refractivity contribution in [3.05, 3.63) is 40.7 Å². The Hall–Kier alpha value is -4.45. The maximum absolute atomic E-state index is 16.5. The number of rotatable bonds is 6. The minimum atomic E-state index is -4.56. The van der Waals surface area contributed by atoms with Crippen molar-refractivity contribution in [3.8, 4) is 0 Å². The Labute approximate surface area is 260 Å². The van der Waals surface area contributed by atoms with E-state index in [1.807, 2.05) is 0 Å². The lowest BCUT2D eigenvalue weighted by Gasteiger charge is -2.33. The van der Waals surface area contributed by atoms with Crippen molar-refractivity contribution in [3.63, 3.8) is 0 Å². The number of benzene rings is 1. The fourth-order valence-electron chi connectivity index (χ4n) is 6.73. The molecule has 1 saturated carbocycles. The summed E-state index contributed by atoms with van der Waals surface area (Å²) in [4.78, 5) is 46.8. The van der Waals surface area contributed by atoms with Crippen LogP contribution in [0.2, 0.25) is 0 Å². The highest BCUT2D eigenvalue weighted by Gasteiger charge is 2.66. The van der Waals surface area contributed by atoms with E-state index in [1.165, 1.54) is 13.0 Å². The van der Waals surface area contributed by atoms with Gasteiger partial charge in [0.15, 0.2) is 11.5 Å². The fourth-order valence-corrected chi connectivity index (χ4v) is 6.73. The molecule has 0 spiro atoms. The van der Waals surface area contributed by atoms with Crippen molar-refractivity contribution >= 4 is 28.9 Å². The van der Waals surface area contributed by atoms with E-state index in [2.05, 4.69) is 30.2 Å². The highest BCUT2D eigenvalue weighted by Crippen LogP contribution is 2.46. The minimum Gasteiger partial charge on any atom is -0.465 e. The number of likely N-dealkylation sites (tertiary alicyclic amines) is 2. The molecule has 0 bridgehead atoms. The zero-order valence-corrected chi connectivity index (χ0v) is 24.6. The fraction of sp³-hybridized carbons (Fsp3) is 0.571. The van der Waals surface area contributed by atoms with Gasteiger partial charge < -0.3 is 25.2 Å². The first-order chi connectivity index (χ1) is 21.9. The third-order valence-corrected chi connectivity index (χ3v) is 9.36. The second-order valence-corrected chi connectivity index (χ2v) is 12.4. The summed E-state index contributed by atoms with van der Waals surface area (Å²) in [7, 11) is 0. The molecular formula is C28H28F7N7O5. The molecule has 3 aliphatic rings.